The molecule has 152 valence electrons. The van der Waals surface area contributed by atoms with Crippen LogP contribution in [0.4, 0.5) is 10.1 Å². The van der Waals surface area contributed by atoms with Crippen molar-refractivity contribution in [2.24, 2.45) is 0 Å². The molecule has 1 N–H and O–H groups in total. The highest BCUT2D eigenvalue weighted by atomic mass is 19.1. The highest BCUT2D eigenvalue weighted by molar-refractivity contribution is 5.92. The number of anilines is 1. The Morgan fingerprint density at radius 1 is 1.03 bits per heavy atom. The topological polar surface area (TPSA) is 82.3 Å². The molecule has 3 rings (SSSR count). The second-order valence-electron chi connectivity index (χ2n) is 6.54. The number of aromatic nitrogens is 2. The number of imidazole rings is 1. The third-order valence-corrected chi connectivity index (χ3v) is 4.38. The number of aryl methyl sites for hydroxylation is 2. The van der Waals surface area contributed by atoms with Crippen molar-refractivity contribution < 1.29 is 18.7 Å². The molecule has 8 heteroatoms. The van der Waals surface area contributed by atoms with E-state index in [4.69, 9.17) is 4.74 Å². The van der Waals surface area contributed by atoms with Crippen LogP contribution < -0.4 is 11.0 Å². The van der Waals surface area contributed by atoms with Gasteiger partial charge in [0.2, 0.25) is 0 Å². The number of carbonyl (C=O) groups is 2. The Morgan fingerprint density at radius 2 is 1.72 bits per heavy atom. The van der Waals surface area contributed by atoms with Crippen LogP contribution in [0.3, 0.4) is 0 Å². The average molecular weight is 399 g/mol. The van der Waals surface area contributed by atoms with Crippen molar-refractivity contribution in [1.29, 1.82) is 0 Å². The SMILES string of the molecule is CCCn1c(=O)n(CCC(=O)OCC(=O)Nc2cccc(F)c2)c2ccccc21. The second kappa shape index (κ2) is 9.18. The molecule has 0 fully saturated rings. The third-order valence-electron chi connectivity index (χ3n) is 4.38. The summed E-state index contributed by atoms with van der Waals surface area (Å²) in [5.41, 5.74) is 1.68. The second-order valence-corrected chi connectivity index (χ2v) is 6.54. The predicted octanol–water partition coefficient (Wildman–Crippen LogP) is 2.92. The lowest BCUT2D eigenvalue weighted by Crippen LogP contribution is -2.26. The van der Waals surface area contributed by atoms with E-state index >= 15 is 0 Å². The number of esters is 1. The van der Waals surface area contributed by atoms with Gasteiger partial charge in [-0.2, -0.15) is 0 Å². The molecule has 1 amide bonds. The molecule has 0 bridgehead atoms. The van der Waals surface area contributed by atoms with E-state index in [1.807, 2.05) is 31.2 Å². The molecule has 7 nitrogen and oxygen atoms in total. The zero-order valence-electron chi connectivity index (χ0n) is 16.1. The molecule has 1 aromatic heterocycles. The standard InChI is InChI=1S/C21H22FN3O4/c1-2-11-24-17-8-3-4-9-18(17)25(21(24)28)12-10-20(27)29-14-19(26)23-16-7-5-6-15(22)13-16/h3-9,13H,2,10-12,14H2,1H3,(H,23,26). The van der Waals surface area contributed by atoms with Crippen LogP contribution in [0.5, 0.6) is 0 Å². The Morgan fingerprint density at radius 3 is 2.38 bits per heavy atom. The Labute approximate surface area is 166 Å². The van der Waals surface area contributed by atoms with Crippen molar-refractivity contribution in [1.82, 2.24) is 9.13 Å². The van der Waals surface area contributed by atoms with Gasteiger partial charge < -0.3 is 10.1 Å². The summed E-state index contributed by atoms with van der Waals surface area (Å²) in [6.07, 6.45) is 0.768. The first-order chi connectivity index (χ1) is 14.0. The molecule has 2 aromatic carbocycles. The minimum absolute atomic E-state index is 0.0483. The number of ether oxygens (including phenoxy) is 1. The average Bonchev–Trinajstić information content (AvgIpc) is 2.96. The van der Waals surface area contributed by atoms with Crippen molar-refractivity contribution in [2.45, 2.75) is 32.9 Å². The lowest BCUT2D eigenvalue weighted by atomic mass is 10.3. The van der Waals surface area contributed by atoms with E-state index in [1.54, 1.807) is 9.13 Å². The van der Waals surface area contributed by atoms with Crippen molar-refractivity contribution in [3.05, 3.63) is 64.8 Å². The number of hydrogen-bond acceptors (Lipinski definition) is 4. The molecule has 0 unspecified atom stereocenters. The smallest absolute Gasteiger partial charge is 0.329 e. The Balaban J connectivity index is 1.58. The predicted molar refractivity (Wildman–Crippen MR) is 107 cm³/mol. The fraction of sp³-hybridized carbons (Fsp3) is 0.286. The van der Waals surface area contributed by atoms with Crippen molar-refractivity contribution >= 4 is 28.6 Å². The largest absolute Gasteiger partial charge is 0.456 e. The van der Waals surface area contributed by atoms with Gasteiger partial charge in [0.05, 0.1) is 17.5 Å². The maximum atomic E-state index is 13.1. The number of hydrogen-bond donors (Lipinski definition) is 1. The highest BCUT2D eigenvalue weighted by Gasteiger charge is 2.14. The number of halogens is 1. The van der Waals surface area contributed by atoms with Crippen LogP contribution in [0, 0.1) is 5.82 Å². The molecule has 0 aliphatic rings. The zero-order valence-corrected chi connectivity index (χ0v) is 16.1. The minimum atomic E-state index is -0.599. The molecule has 0 spiro atoms. The maximum Gasteiger partial charge on any atom is 0.329 e. The van der Waals surface area contributed by atoms with Crippen LogP contribution in [-0.2, 0) is 27.4 Å². The summed E-state index contributed by atoms with van der Waals surface area (Å²) >= 11 is 0. The summed E-state index contributed by atoms with van der Waals surface area (Å²) in [4.78, 5) is 36.5. The van der Waals surface area contributed by atoms with Gasteiger partial charge in [0.15, 0.2) is 6.61 Å². The molecular formula is C21H22FN3O4. The van der Waals surface area contributed by atoms with Gasteiger partial charge in [-0.25, -0.2) is 9.18 Å². The lowest BCUT2D eigenvalue weighted by Gasteiger charge is -2.07. The summed E-state index contributed by atoms with van der Waals surface area (Å²) in [6, 6.07) is 12.8. The molecule has 0 radical (unpaired) electrons. The van der Waals surface area contributed by atoms with Gasteiger partial charge in [-0.1, -0.05) is 25.1 Å². The van der Waals surface area contributed by atoms with E-state index in [0.717, 1.165) is 23.5 Å². The summed E-state index contributed by atoms with van der Waals surface area (Å²) in [7, 11) is 0. The number of rotatable bonds is 8. The lowest BCUT2D eigenvalue weighted by molar-refractivity contribution is -0.147. The van der Waals surface area contributed by atoms with Gasteiger partial charge in [0.25, 0.3) is 5.91 Å². The number of carbonyl (C=O) groups excluding carboxylic acids is 2. The van der Waals surface area contributed by atoms with Crippen molar-refractivity contribution in [3.63, 3.8) is 0 Å². The number of nitrogens with zero attached hydrogens (tertiary/aromatic N) is 2. The van der Waals surface area contributed by atoms with Gasteiger partial charge in [0, 0.05) is 18.8 Å². The fourth-order valence-electron chi connectivity index (χ4n) is 3.11. The first-order valence-corrected chi connectivity index (χ1v) is 9.38. The van der Waals surface area contributed by atoms with E-state index in [2.05, 4.69) is 5.32 Å². The molecule has 0 aliphatic carbocycles. The number of amides is 1. The Kier molecular flexibility index (Phi) is 6.43. The van der Waals surface area contributed by atoms with Crippen molar-refractivity contribution in [3.8, 4) is 0 Å². The first kappa shape index (κ1) is 20.3. The normalized spacial score (nSPS) is 10.8. The highest BCUT2D eigenvalue weighted by Crippen LogP contribution is 2.14. The van der Waals surface area contributed by atoms with Gasteiger partial charge >= 0.3 is 11.7 Å². The van der Waals surface area contributed by atoms with Crippen LogP contribution in [0.15, 0.2) is 53.3 Å². The van der Waals surface area contributed by atoms with Gasteiger partial charge in [-0.05, 0) is 36.8 Å². The summed E-state index contributed by atoms with van der Waals surface area (Å²) in [5.74, 6) is -1.65. The number of nitrogens with one attached hydrogen (secondary N) is 1. The summed E-state index contributed by atoms with van der Waals surface area (Å²) in [5, 5.41) is 2.45. The van der Waals surface area contributed by atoms with Crippen LogP contribution in [0.1, 0.15) is 19.8 Å². The molecule has 29 heavy (non-hydrogen) atoms. The van der Waals surface area contributed by atoms with Crippen molar-refractivity contribution in [2.75, 3.05) is 11.9 Å². The molecule has 0 saturated carbocycles. The van der Waals surface area contributed by atoms with Gasteiger partial charge in [0.1, 0.15) is 5.82 Å². The molecule has 0 atom stereocenters. The van der Waals surface area contributed by atoms with E-state index in [9.17, 15) is 18.8 Å². The number of fused-ring (bicyclic) bond motifs is 1. The Hall–Kier alpha value is -3.42. The Bertz CT molecular complexity index is 1090. The van der Waals surface area contributed by atoms with Crippen LogP contribution >= 0.6 is 0 Å². The maximum absolute atomic E-state index is 13.1. The first-order valence-electron chi connectivity index (χ1n) is 9.38. The van der Waals surface area contributed by atoms with E-state index in [-0.39, 0.29) is 24.3 Å². The molecular weight excluding hydrogens is 377 g/mol. The summed E-state index contributed by atoms with van der Waals surface area (Å²) in [6.45, 7) is 2.25. The van der Waals surface area contributed by atoms with E-state index in [0.29, 0.717) is 6.54 Å². The van der Waals surface area contributed by atoms with Crippen LogP contribution in [0.2, 0.25) is 0 Å². The molecule has 3 aromatic rings. The third kappa shape index (κ3) is 4.90. The molecule has 0 saturated heterocycles. The monoisotopic (exact) mass is 399 g/mol. The molecule has 1 heterocycles. The minimum Gasteiger partial charge on any atom is -0.456 e. The molecule has 0 aliphatic heterocycles. The van der Waals surface area contributed by atoms with Gasteiger partial charge in [-0.15, -0.1) is 0 Å². The number of benzene rings is 2. The zero-order chi connectivity index (χ0) is 20.8. The summed E-state index contributed by atoms with van der Waals surface area (Å²) < 4.78 is 21.3. The van der Waals surface area contributed by atoms with Crippen LogP contribution in [0.25, 0.3) is 11.0 Å². The number of para-hydroxylation sites is 2. The van der Waals surface area contributed by atoms with E-state index in [1.165, 1.54) is 18.2 Å². The van der Waals surface area contributed by atoms with Crippen LogP contribution in [-0.4, -0.2) is 27.6 Å². The quantitative estimate of drug-likeness (QED) is 0.591. The fourth-order valence-corrected chi connectivity index (χ4v) is 3.11. The van der Waals surface area contributed by atoms with E-state index < -0.39 is 24.3 Å². The van der Waals surface area contributed by atoms with Gasteiger partial charge in [-0.3, -0.25) is 18.7 Å².